The van der Waals surface area contributed by atoms with E-state index >= 15 is 0 Å². The number of carbonyl (C=O) groups excluding carboxylic acids is 1. The van der Waals surface area contributed by atoms with Crippen molar-refractivity contribution in [1.29, 1.82) is 0 Å². The lowest BCUT2D eigenvalue weighted by atomic mass is 9.88. The van der Waals surface area contributed by atoms with E-state index in [2.05, 4.69) is 53.4 Å². The number of rotatable bonds is 6. The average Bonchev–Trinajstić information content (AvgIpc) is 3.24. The van der Waals surface area contributed by atoms with Crippen molar-refractivity contribution in [2.45, 2.75) is 50.9 Å². The molecule has 1 atom stereocenters. The number of anilines is 2. The molecule has 2 aromatic heterocycles. The van der Waals surface area contributed by atoms with Crippen molar-refractivity contribution in [3.8, 4) is 0 Å². The molecule has 6 nitrogen and oxygen atoms in total. The molecule has 2 aromatic rings. The van der Waals surface area contributed by atoms with Crippen LogP contribution in [0.4, 0.5) is 11.6 Å². The van der Waals surface area contributed by atoms with Gasteiger partial charge in [-0.25, -0.2) is 9.97 Å². The molecule has 0 aliphatic carbocycles. The summed E-state index contributed by atoms with van der Waals surface area (Å²) >= 11 is 7.34. The molecule has 0 amide bonds. The SMILES string of the molecule is CC(C)(C)c1ccnc(Nc2cccc(C3=CNC(N4CCC(CC(=O)Cl)CC4)S3)n2)c1. The first-order valence-electron chi connectivity index (χ1n) is 11.0. The second-order valence-corrected chi connectivity index (χ2v) is 10.9. The summed E-state index contributed by atoms with van der Waals surface area (Å²) in [6, 6.07) is 10.1. The molecule has 0 aromatic carbocycles. The molecule has 4 rings (SSSR count). The number of nitrogens with zero attached hydrogens (tertiary/aromatic N) is 3. The van der Waals surface area contributed by atoms with Crippen LogP contribution in [0, 0.1) is 5.92 Å². The summed E-state index contributed by atoms with van der Waals surface area (Å²) in [7, 11) is 0. The fraction of sp³-hybridized carbons (Fsp3) is 0.458. The number of nitrogens with one attached hydrogen (secondary N) is 2. The number of pyridine rings is 2. The molecule has 0 bridgehead atoms. The molecule has 170 valence electrons. The number of aromatic nitrogens is 2. The van der Waals surface area contributed by atoms with Crippen LogP contribution in [0.3, 0.4) is 0 Å². The van der Waals surface area contributed by atoms with E-state index in [-0.39, 0.29) is 16.2 Å². The van der Waals surface area contributed by atoms with Gasteiger partial charge in [-0.3, -0.25) is 9.69 Å². The Labute approximate surface area is 199 Å². The lowest BCUT2D eigenvalue weighted by Crippen LogP contribution is -2.44. The minimum atomic E-state index is -0.222. The van der Waals surface area contributed by atoms with Gasteiger partial charge in [-0.15, -0.1) is 0 Å². The molecule has 32 heavy (non-hydrogen) atoms. The summed E-state index contributed by atoms with van der Waals surface area (Å²) in [4.78, 5) is 24.0. The first-order valence-corrected chi connectivity index (χ1v) is 12.3. The van der Waals surface area contributed by atoms with Crippen LogP contribution >= 0.6 is 23.4 Å². The van der Waals surface area contributed by atoms with E-state index in [1.807, 2.05) is 30.6 Å². The van der Waals surface area contributed by atoms with Gasteiger partial charge < -0.3 is 10.6 Å². The zero-order chi connectivity index (χ0) is 22.7. The minimum absolute atomic E-state index is 0.0641. The highest BCUT2D eigenvalue weighted by Gasteiger charge is 2.29. The number of thioether (sulfide) groups is 1. The Morgan fingerprint density at radius 3 is 2.75 bits per heavy atom. The first-order chi connectivity index (χ1) is 15.3. The Hall–Kier alpha value is -2.09. The predicted octanol–water partition coefficient (Wildman–Crippen LogP) is 5.30. The lowest BCUT2D eigenvalue weighted by molar-refractivity contribution is -0.112. The van der Waals surface area contributed by atoms with Gasteiger partial charge >= 0.3 is 0 Å². The van der Waals surface area contributed by atoms with E-state index in [1.54, 1.807) is 11.8 Å². The topological polar surface area (TPSA) is 70.2 Å². The molecule has 2 N–H and O–H groups in total. The fourth-order valence-corrected chi connectivity index (χ4v) is 5.33. The van der Waals surface area contributed by atoms with Crippen molar-refractivity contribution >= 4 is 45.1 Å². The van der Waals surface area contributed by atoms with Crippen molar-refractivity contribution in [1.82, 2.24) is 20.2 Å². The number of halogens is 1. The van der Waals surface area contributed by atoms with Crippen LogP contribution in [0.2, 0.25) is 0 Å². The Morgan fingerprint density at radius 2 is 2.03 bits per heavy atom. The van der Waals surface area contributed by atoms with Crippen molar-refractivity contribution in [3.63, 3.8) is 0 Å². The smallest absolute Gasteiger partial charge is 0.221 e. The number of hydrogen-bond acceptors (Lipinski definition) is 7. The largest absolute Gasteiger partial charge is 0.366 e. The second kappa shape index (κ2) is 9.81. The van der Waals surface area contributed by atoms with E-state index in [9.17, 15) is 4.79 Å². The molecule has 8 heteroatoms. The molecule has 0 saturated carbocycles. The Balaban J connectivity index is 1.37. The van der Waals surface area contributed by atoms with Crippen molar-refractivity contribution in [3.05, 3.63) is 54.0 Å². The summed E-state index contributed by atoms with van der Waals surface area (Å²) in [6.45, 7) is 8.51. The van der Waals surface area contributed by atoms with Gasteiger partial charge in [0.05, 0.1) is 10.6 Å². The van der Waals surface area contributed by atoms with E-state index in [0.717, 1.165) is 48.2 Å². The first kappa shape index (κ1) is 23.1. The number of piperidine rings is 1. The maximum atomic E-state index is 11.2. The Bertz CT molecular complexity index is 998. The van der Waals surface area contributed by atoms with Crippen LogP contribution < -0.4 is 10.6 Å². The van der Waals surface area contributed by atoms with Crippen molar-refractivity contribution in [2.75, 3.05) is 18.4 Å². The maximum absolute atomic E-state index is 11.2. The maximum Gasteiger partial charge on any atom is 0.221 e. The zero-order valence-corrected chi connectivity index (χ0v) is 20.3. The van der Waals surface area contributed by atoms with Crippen molar-refractivity contribution in [2.24, 2.45) is 5.92 Å². The van der Waals surface area contributed by atoms with Gasteiger partial charge in [-0.05, 0) is 65.6 Å². The van der Waals surface area contributed by atoms with Crippen LogP contribution in [0.1, 0.15) is 51.3 Å². The number of carbonyl (C=O) groups is 1. The lowest BCUT2D eigenvalue weighted by Gasteiger charge is -2.35. The van der Waals surface area contributed by atoms with Gasteiger partial charge in [-0.2, -0.15) is 0 Å². The Kier molecular flexibility index (Phi) is 7.08. The third-order valence-corrected chi connectivity index (χ3v) is 7.30. The monoisotopic (exact) mass is 471 g/mol. The highest BCUT2D eigenvalue weighted by atomic mass is 35.5. The molecular weight excluding hydrogens is 442 g/mol. The summed E-state index contributed by atoms with van der Waals surface area (Å²) in [5, 5.41) is 6.61. The third-order valence-electron chi connectivity index (χ3n) is 5.91. The van der Waals surface area contributed by atoms with Crippen LogP contribution in [-0.4, -0.2) is 38.7 Å². The molecule has 0 radical (unpaired) electrons. The fourth-order valence-electron chi connectivity index (χ4n) is 4.01. The molecule has 0 spiro atoms. The zero-order valence-electron chi connectivity index (χ0n) is 18.8. The quantitative estimate of drug-likeness (QED) is 0.553. The third kappa shape index (κ3) is 5.82. The van der Waals surface area contributed by atoms with Gasteiger partial charge in [0.15, 0.2) is 0 Å². The van der Waals surface area contributed by atoms with E-state index in [0.29, 0.717) is 12.3 Å². The van der Waals surface area contributed by atoms with Crippen molar-refractivity contribution < 1.29 is 4.79 Å². The number of likely N-dealkylation sites (tertiary alicyclic amines) is 1. The molecule has 2 aliphatic rings. The molecule has 4 heterocycles. The van der Waals surface area contributed by atoms with E-state index in [1.165, 1.54) is 5.56 Å². The van der Waals surface area contributed by atoms with Gasteiger partial charge in [0.25, 0.3) is 0 Å². The van der Waals surface area contributed by atoms with Gasteiger partial charge in [0.1, 0.15) is 17.1 Å². The van der Waals surface area contributed by atoms with Gasteiger partial charge in [0.2, 0.25) is 5.24 Å². The summed E-state index contributed by atoms with van der Waals surface area (Å²) < 4.78 is 0. The minimum Gasteiger partial charge on any atom is -0.366 e. The highest BCUT2D eigenvalue weighted by Crippen LogP contribution is 2.37. The average molecular weight is 472 g/mol. The molecule has 1 unspecified atom stereocenters. The molecule has 2 aliphatic heterocycles. The molecule has 1 fully saturated rings. The second-order valence-electron chi connectivity index (χ2n) is 9.40. The summed E-state index contributed by atoms with van der Waals surface area (Å²) in [5.74, 6) is 1.98. The van der Waals surface area contributed by atoms with Crippen LogP contribution in [-0.2, 0) is 10.2 Å². The Morgan fingerprint density at radius 1 is 1.25 bits per heavy atom. The van der Waals surface area contributed by atoms with Crippen LogP contribution in [0.15, 0.2) is 42.7 Å². The molecular formula is C24H30ClN5OS. The molecule has 1 saturated heterocycles. The van der Waals surface area contributed by atoms with Crippen LogP contribution in [0.25, 0.3) is 4.91 Å². The van der Waals surface area contributed by atoms with E-state index in [4.69, 9.17) is 16.6 Å². The van der Waals surface area contributed by atoms with E-state index < -0.39 is 0 Å². The summed E-state index contributed by atoms with van der Waals surface area (Å²) in [6.07, 6.45) is 6.38. The van der Waals surface area contributed by atoms with Crippen LogP contribution in [0.5, 0.6) is 0 Å². The highest BCUT2D eigenvalue weighted by molar-refractivity contribution is 8.09. The van der Waals surface area contributed by atoms with Gasteiger partial charge in [0, 0.05) is 31.9 Å². The summed E-state index contributed by atoms with van der Waals surface area (Å²) in [5.41, 5.74) is 2.42. The number of hydrogen-bond donors (Lipinski definition) is 2. The van der Waals surface area contributed by atoms with Gasteiger partial charge in [-0.1, -0.05) is 38.6 Å². The standard InChI is InChI=1S/C24H30ClN5OS/c1-24(2,3)17-7-10-26-22(14-17)29-21-6-4-5-18(28-21)19-15-27-23(32-19)30-11-8-16(9-12-30)13-20(25)31/h4-7,10,14-16,23,27H,8-9,11-13H2,1-3H3,(H,26,28,29). The predicted molar refractivity (Wildman–Crippen MR) is 133 cm³/mol. The normalized spacial score (nSPS) is 20.0.